The molecule has 0 radical (unpaired) electrons. The molecule has 4 N–H and O–H groups in total. The molecule has 18 heteroatoms. The highest BCUT2D eigenvalue weighted by Gasteiger charge is 2.22. The quantitative estimate of drug-likeness (QED) is 0.383. The van der Waals surface area contributed by atoms with E-state index in [1.165, 1.54) is 13.8 Å². The number of nitrogens with zero attached hydrogens (tertiary/aromatic N) is 8. The number of hydrogen-bond donors (Lipinski definition) is 4. The number of aromatic nitrogens is 6. The molecule has 0 fully saturated rings. The summed E-state index contributed by atoms with van der Waals surface area (Å²) in [6, 6.07) is 1.07. The van der Waals surface area contributed by atoms with Crippen molar-refractivity contribution in [3.63, 3.8) is 0 Å². The Labute approximate surface area is 197 Å². The Morgan fingerprint density at radius 3 is 1.41 bits per heavy atom. The van der Waals surface area contributed by atoms with Crippen molar-refractivity contribution in [1.29, 1.82) is 10.5 Å². The molecule has 170 valence electrons. The molecule has 6 amide bonds. The first-order chi connectivity index (χ1) is 16.2. The van der Waals surface area contributed by atoms with Gasteiger partial charge in [-0.05, 0) is 36.9 Å². The molecule has 0 bridgehead atoms. The maximum atomic E-state index is 12.3. The van der Waals surface area contributed by atoms with Gasteiger partial charge in [0.1, 0.15) is 21.9 Å². The van der Waals surface area contributed by atoms with Crippen LogP contribution in [0.5, 0.6) is 0 Å². The first-order valence-electron chi connectivity index (χ1n) is 8.78. The maximum Gasteiger partial charge on any atom is 0.327 e. The molecule has 0 spiro atoms. The predicted octanol–water partition coefficient (Wildman–Crippen LogP) is 0.464. The van der Waals surface area contributed by atoms with E-state index in [2.05, 4.69) is 39.8 Å². The number of urea groups is 2. The number of carbonyl (C=O) groups excluding carboxylic acids is 4. The summed E-state index contributed by atoms with van der Waals surface area (Å²) in [6.45, 7) is 3.04. The van der Waals surface area contributed by atoms with Crippen molar-refractivity contribution in [1.82, 2.24) is 39.8 Å². The number of imide groups is 2. The molecule has 0 aliphatic carbocycles. The average molecular weight is 498 g/mol. The summed E-state index contributed by atoms with van der Waals surface area (Å²) in [5.41, 5.74) is -0.314. The molecule has 0 aromatic carbocycles. The van der Waals surface area contributed by atoms with E-state index < -0.39 is 46.9 Å². The lowest BCUT2D eigenvalue weighted by Gasteiger charge is -2.12. The van der Waals surface area contributed by atoms with E-state index in [9.17, 15) is 29.7 Å². The van der Waals surface area contributed by atoms with Crippen molar-refractivity contribution >= 4 is 58.6 Å². The average Bonchev–Trinajstić information content (AvgIpc) is 3.42. The van der Waals surface area contributed by atoms with Gasteiger partial charge in [-0.25, -0.2) is 19.6 Å². The second-order valence-corrected chi connectivity index (χ2v) is 7.54. The Morgan fingerprint density at radius 2 is 1.12 bits per heavy atom. The Hall–Kier alpha value is -4.94. The lowest BCUT2D eigenvalue weighted by molar-refractivity contribution is 0.0960. The van der Waals surface area contributed by atoms with Crippen LogP contribution in [0.2, 0.25) is 0 Å². The van der Waals surface area contributed by atoms with Crippen molar-refractivity contribution in [2.45, 2.75) is 13.8 Å². The molecule has 3 rings (SSSR count). The normalized spacial score (nSPS) is 9.88. The molecule has 3 heterocycles. The molecule has 0 saturated heterocycles. The van der Waals surface area contributed by atoms with E-state index in [0.29, 0.717) is 11.4 Å². The Morgan fingerprint density at radius 1 is 0.735 bits per heavy atom. The molecule has 0 saturated carbocycles. The number of nitrogens with one attached hydrogen (secondary N) is 4. The highest BCUT2D eigenvalue weighted by Crippen LogP contribution is 2.19. The molecule has 16 nitrogen and oxygen atoms in total. The second kappa shape index (κ2) is 10.1. The van der Waals surface area contributed by atoms with Crippen LogP contribution in [0.1, 0.15) is 42.1 Å². The third kappa shape index (κ3) is 5.27. The monoisotopic (exact) mass is 498 g/mol. The molecular formula is C16H10N12O4S2. The number of hydrogen-bond acceptors (Lipinski definition) is 14. The molecule has 34 heavy (non-hydrogen) atoms. The van der Waals surface area contributed by atoms with Crippen LogP contribution in [0.15, 0.2) is 0 Å². The van der Waals surface area contributed by atoms with Crippen LogP contribution in [-0.2, 0) is 0 Å². The van der Waals surface area contributed by atoms with E-state index >= 15 is 0 Å². The molecule has 0 aliphatic heterocycles. The first kappa shape index (κ1) is 23.7. The molecule has 3 aromatic heterocycles. The number of carbonyl (C=O) groups is 4. The number of nitriles is 2. The van der Waals surface area contributed by atoms with E-state index in [1.807, 2.05) is 10.6 Å². The topological polar surface area (TPSA) is 241 Å². The number of anilines is 2. The van der Waals surface area contributed by atoms with Crippen molar-refractivity contribution in [3.05, 3.63) is 32.5 Å². The van der Waals surface area contributed by atoms with Gasteiger partial charge in [0.2, 0.25) is 0 Å². The summed E-state index contributed by atoms with van der Waals surface area (Å²) in [4.78, 5) is 56.7. The van der Waals surface area contributed by atoms with E-state index in [-0.39, 0.29) is 9.75 Å². The van der Waals surface area contributed by atoms with Gasteiger partial charge in [-0.2, -0.15) is 10.5 Å². The zero-order valence-electron chi connectivity index (χ0n) is 17.0. The summed E-state index contributed by atoms with van der Waals surface area (Å²) in [6.07, 6.45) is 0. The zero-order chi connectivity index (χ0) is 24.8. The van der Waals surface area contributed by atoms with Crippen molar-refractivity contribution < 1.29 is 19.2 Å². The van der Waals surface area contributed by atoms with E-state index in [0.717, 1.165) is 23.1 Å². The van der Waals surface area contributed by atoms with Crippen LogP contribution >= 0.6 is 23.1 Å². The molecular weight excluding hydrogens is 488 g/mol. The summed E-state index contributed by atoms with van der Waals surface area (Å²) in [7, 11) is 0. The molecule has 0 atom stereocenters. The number of amides is 6. The van der Waals surface area contributed by atoms with Gasteiger partial charge in [-0.1, -0.05) is 8.98 Å². The predicted molar refractivity (Wildman–Crippen MR) is 114 cm³/mol. The third-order valence-electron chi connectivity index (χ3n) is 3.74. The summed E-state index contributed by atoms with van der Waals surface area (Å²) >= 11 is 1.54. The second-order valence-electron chi connectivity index (χ2n) is 6.03. The Bertz CT molecular complexity index is 1290. The van der Waals surface area contributed by atoms with Gasteiger partial charge in [0.05, 0.1) is 11.4 Å². The van der Waals surface area contributed by atoms with Gasteiger partial charge in [0.15, 0.2) is 23.0 Å². The summed E-state index contributed by atoms with van der Waals surface area (Å²) in [5, 5.41) is 34.0. The summed E-state index contributed by atoms with van der Waals surface area (Å²) < 4.78 is 7.18. The van der Waals surface area contributed by atoms with E-state index in [1.54, 1.807) is 12.1 Å². The first-order valence-corrected chi connectivity index (χ1v) is 10.3. The fourth-order valence-electron chi connectivity index (χ4n) is 2.24. The lowest BCUT2D eigenvalue weighted by atomic mass is 10.3. The van der Waals surface area contributed by atoms with Gasteiger partial charge in [-0.3, -0.25) is 30.9 Å². The highest BCUT2D eigenvalue weighted by atomic mass is 32.1. The van der Waals surface area contributed by atoms with Crippen LogP contribution in [0.3, 0.4) is 0 Å². The van der Waals surface area contributed by atoms with Crippen LogP contribution in [-0.4, -0.2) is 53.0 Å². The smallest absolute Gasteiger partial charge is 0.289 e. The van der Waals surface area contributed by atoms with Crippen LogP contribution in [0, 0.1) is 36.5 Å². The van der Waals surface area contributed by atoms with E-state index in [4.69, 9.17) is 0 Å². The van der Waals surface area contributed by atoms with Gasteiger partial charge in [0, 0.05) is 0 Å². The molecule has 3 aromatic rings. The van der Waals surface area contributed by atoms with Crippen LogP contribution in [0.25, 0.3) is 0 Å². The van der Waals surface area contributed by atoms with Gasteiger partial charge in [-0.15, -0.1) is 10.2 Å². The largest absolute Gasteiger partial charge is 0.327 e. The lowest BCUT2D eigenvalue weighted by Crippen LogP contribution is -2.37. The standard InChI is InChI=1S/C16H10N12O4S2/c1-5-9(33-27-25-5)13(29)23-15(31)21-11-12(20-8(4-18)7(3-17)19-11)22-16(32)24-14(30)10-6(2)26-28-34-10/h1-2H3,(H2,19,21,23,29,31)(H2,20,22,24,30,32). The fourth-order valence-corrected chi connectivity index (χ4v) is 3.35. The van der Waals surface area contributed by atoms with Gasteiger partial charge < -0.3 is 0 Å². The minimum Gasteiger partial charge on any atom is -0.289 e. The number of rotatable bonds is 4. The zero-order valence-corrected chi connectivity index (χ0v) is 18.7. The minimum absolute atomic E-state index is 0.0860. The van der Waals surface area contributed by atoms with Gasteiger partial charge >= 0.3 is 12.1 Å². The minimum atomic E-state index is -1.09. The van der Waals surface area contributed by atoms with Crippen molar-refractivity contribution in [3.8, 4) is 12.1 Å². The maximum absolute atomic E-state index is 12.3. The number of aryl methyl sites for hydroxylation is 2. The van der Waals surface area contributed by atoms with Crippen molar-refractivity contribution in [2.75, 3.05) is 10.6 Å². The van der Waals surface area contributed by atoms with Crippen LogP contribution < -0.4 is 21.3 Å². The highest BCUT2D eigenvalue weighted by molar-refractivity contribution is 7.08. The molecule has 0 aliphatic rings. The fraction of sp³-hybridized carbons (Fsp3) is 0.125. The van der Waals surface area contributed by atoms with Gasteiger partial charge in [0.25, 0.3) is 11.8 Å². The van der Waals surface area contributed by atoms with Crippen molar-refractivity contribution in [2.24, 2.45) is 0 Å². The summed E-state index contributed by atoms with van der Waals surface area (Å²) in [5.74, 6) is -2.56. The SMILES string of the molecule is Cc1nnsc1C(=O)NC(=O)Nc1nc(C#N)c(C#N)nc1NC(=O)NC(=O)c1snnc1C. The third-order valence-corrected chi connectivity index (χ3v) is 5.39. The Balaban J connectivity index is 1.81. The Kier molecular flexibility index (Phi) is 7.06. The van der Waals surface area contributed by atoms with Crippen LogP contribution in [0.4, 0.5) is 21.2 Å². The molecule has 0 unspecified atom stereocenters.